The number of rotatable bonds is 3. The SMILES string of the molecule is CCc1ccc([C@H](N)[C@@H](C)O)cc1.Cl. The zero-order valence-electron chi connectivity index (χ0n) is 8.60. The van der Waals surface area contributed by atoms with Crippen molar-refractivity contribution in [3.05, 3.63) is 35.4 Å². The first-order valence-corrected chi connectivity index (χ1v) is 4.67. The van der Waals surface area contributed by atoms with Crippen LogP contribution in [-0.4, -0.2) is 11.2 Å². The van der Waals surface area contributed by atoms with Crippen LogP contribution in [0.2, 0.25) is 0 Å². The minimum absolute atomic E-state index is 0. The van der Waals surface area contributed by atoms with Crippen molar-refractivity contribution in [2.45, 2.75) is 32.4 Å². The lowest BCUT2D eigenvalue weighted by Gasteiger charge is -2.15. The minimum Gasteiger partial charge on any atom is -0.391 e. The van der Waals surface area contributed by atoms with Crippen LogP contribution in [0.3, 0.4) is 0 Å². The topological polar surface area (TPSA) is 46.2 Å². The molecule has 0 amide bonds. The highest BCUT2D eigenvalue weighted by Gasteiger charge is 2.10. The number of nitrogens with two attached hydrogens (primary N) is 1. The first-order chi connectivity index (χ1) is 6.15. The Labute approximate surface area is 91.5 Å². The van der Waals surface area contributed by atoms with Gasteiger partial charge in [0.25, 0.3) is 0 Å². The van der Waals surface area contributed by atoms with Crippen LogP contribution in [0.4, 0.5) is 0 Å². The van der Waals surface area contributed by atoms with E-state index in [2.05, 4.69) is 19.1 Å². The molecule has 0 aromatic heterocycles. The van der Waals surface area contributed by atoms with Gasteiger partial charge < -0.3 is 10.8 Å². The Morgan fingerprint density at radius 3 is 2.14 bits per heavy atom. The molecule has 3 heteroatoms. The highest BCUT2D eigenvalue weighted by atomic mass is 35.5. The van der Waals surface area contributed by atoms with Gasteiger partial charge in [-0.05, 0) is 24.5 Å². The van der Waals surface area contributed by atoms with Gasteiger partial charge in [0.05, 0.1) is 12.1 Å². The zero-order chi connectivity index (χ0) is 9.84. The molecule has 0 radical (unpaired) electrons. The molecule has 0 unspecified atom stereocenters. The summed E-state index contributed by atoms with van der Waals surface area (Å²) in [6.07, 6.45) is 0.539. The van der Waals surface area contributed by atoms with Crippen LogP contribution in [0.1, 0.15) is 31.0 Å². The van der Waals surface area contributed by atoms with Gasteiger partial charge in [0.15, 0.2) is 0 Å². The molecule has 0 spiro atoms. The number of benzene rings is 1. The number of aryl methyl sites for hydroxylation is 1. The maximum atomic E-state index is 9.28. The Hall–Kier alpha value is -0.570. The lowest BCUT2D eigenvalue weighted by atomic mass is 10.0. The normalized spacial score (nSPS) is 14.3. The lowest BCUT2D eigenvalue weighted by molar-refractivity contribution is 0.164. The van der Waals surface area contributed by atoms with Gasteiger partial charge in [0.2, 0.25) is 0 Å². The van der Waals surface area contributed by atoms with Gasteiger partial charge in [-0.15, -0.1) is 12.4 Å². The van der Waals surface area contributed by atoms with E-state index in [9.17, 15) is 5.11 Å². The van der Waals surface area contributed by atoms with E-state index >= 15 is 0 Å². The smallest absolute Gasteiger partial charge is 0.0704 e. The molecule has 0 aliphatic carbocycles. The predicted molar refractivity (Wildman–Crippen MR) is 61.7 cm³/mol. The Morgan fingerprint density at radius 1 is 1.29 bits per heavy atom. The summed E-state index contributed by atoms with van der Waals surface area (Å²) in [6, 6.07) is 7.80. The molecular weight excluding hydrogens is 198 g/mol. The van der Waals surface area contributed by atoms with Crippen LogP contribution in [0.25, 0.3) is 0 Å². The number of aliphatic hydroxyl groups excluding tert-OH is 1. The number of hydrogen-bond donors (Lipinski definition) is 2. The van der Waals surface area contributed by atoms with E-state index < -0.39 is 6.10 Å². The second-order valence-corrected chi connectivity index (χ2v) is 3.36. The third kappa shape index (κ3) is 3.29. The third-order valence-corrected chi connectivity index (χ3v) is 2.29. The molecule has 1 rings (SSSR count). The monoisotopic (exact) mass is 215 g/mol. The molecule has 0 saturated carbocycles. The summed E-state index contributed by atoms with van der Waals surface area (Å²) in [5.74, 6) is 0. The Bertz CT molecular complexity index is 258. The Morgan fingerprint density at radius 2 is 1.79 bits per heavy atom. The van der Waals surface area contributed by atoms with Crippen molar-refractivity contribution in [1.29, 1.82) is 0 Å². The van der Waals surface area contributed by atoms with Gasteiger partial charge in [-0.2, -0.15) is 0 Å². The van der Waals surface area contributed by atoms with Crippen LogP contribution in [0.5, 0.6) is 0 Å². The average molecular weight is 216 g/mol. The maximum Gasteiger partial charge on any atom is 0.0704 e. The van der Waals surface area contributed by atoms with E-state index in [-0.39, 0.29) is 18.4 Å². The molecule has 0 aliphatic heterocycles. The summed E-state index contributed by atoms with van der Waals surface area (Å²) in [5, 5.41) is 9.28. The van der Waals surface area contributed by atoms with Gasteiger partial charge in [-0.3, -0.25) is 0 Å². The summed E-state index contributed by atoms with van der Waals surface area (Å²) in [6.45, 7) is 3.82. The molecule has 80 valence electrons. The highest BCUT2D eigenvalue weighted by Crippen LogP contribution is 2.14. The van der Waals surface area contributed by atoms with Gasteiger partial charge in [0.1, 0.15) is 0 Å². The van der Waals surface area contributed by atoms with Gasteiger partial charge in [-0.1, -0.05) is 31.2 Å². The predicted octanol–water partition coefficient (Wildman–Crippen LogP) is 2.05. The first kappa shape index (κ1) is 13.4. The van der Waals surface area contributed by atoms with Crippen LogP contribution in [0, 0.1) is 0 Å². The molecule has 0 bridgehead atoms. The number of aliphatic hydroxyl groups is 1. The number of hydrogen-bond acceptors (Lipinski definition) is 2. The standard InChI is InChI=1S/C11H17NO.ClH/c1-3-9-4-6-10(7-5-9)11(12)8(2)13;/h4-8,11,13H,3,12H2,1-2H3;1H/t8-,11-;/m1./s1. The van der Waals surface area contributed by atoms with E-state index in [0.29, 0.717) is 0 Å². The summed E-state index contributed by atoms with van der Waals surface area (Å²) in [7, 11) is 0. The fourth-order valence-electron chi connectivity index (χ4n) is 1.25. The first-order valence-electron chi connectivity index (χ1n) is 4.67. The molecule has 2 nitrogen and oxygen atoms in total. The average Bonchev–Trinajstić information content (AvgIpc) is 2.17. The molecule has 0 aliphatic rings. The van der Waals surface area contributed by atoms with Crippen molar-refractivity contribution >= 4 is 12.4 Å². The van der Waals surface area contributed by atoms with E-state index in [4.69, 9.17) is 5.73 Å². The van der Waals surface area contributed by atoms with Crippen molar-refractivity contribution in [3.63, 3.8) is 0 Å². The maximum absolute atomic E-state index is 9.28. The summed E-state index contributed by atoms with van der Waals surface area (Å²) in [4.78, 5) is 0. The molecular formula is C11H18ClNO. The molecule has 1 aromatic carbocycles. The van der Waals surface area contributed by atoms with Crippen LogP contribution in [0.15, 0.2) is 24.3 Å². The van der Waals surface area contributed by atoms with Crippen molar-refractivity contribution in [2.24, 2.45) is 5.73 Å². The number of halogens is 1. The fraction of sp³-hybridized carbons (Fsp3) is 0.455. The second kappa shape index (κ2) is 6.02. The Balaban J connectivity index is 0.00000169. The van der Waals surface area contributed by atoms with Crippen molar-refractivity contribution in [1.82, 2.24) is 0 Å². The summed E-state index contributed by atoms with van der Waals surface area (Å²) >= 11 is 0. The van der Waals surface area contributed by atoms with E-state index in [1.165, 1.54) is 5.56 Å². The minimum atomic E-state index is -0.493. The van der Waals surface area contributed by atoms with E-state index in [1.54, 1.807) is 6.92 Å². The van der Waals surface area contributed by atoms with Crippen LogP contribution >= 0.6 is 12.4 Å². The second-order valence-electron chi connectivity index (χ2n) is 3.36. The molecule has 3 N–H and O–H groups in total. The van der Waals surface area contributed by atoms with Gasteiger partial charge >= 0.3 is 0 Å². The van der Waals surface area contributed by atoms with E-state index in [1.807, 2.05) is 12.1 Å². The molecule has 0 heterocycles. The largest absolute Gasteiger partial charge is 0.391 e. The fourth-order valence-corrected chi connectivity index (χ4v) is 1.25. The quantitative estimate of drug-likeness (QED) is 0.811. The summed E-state index contributed by atoms with van der Waals surface area (Å²) in [5.41, 5.74) is 8.07. The Kier molecular flexibility index (Phi) is 5.77. The zero-order valence-corrected chi connectivity index (χ0v) is 9.42. The van der Waals surface area contributed by atoms with Gasteiger partial charge in [0, 0.05) is 0 Å². The van der Waals surface area contributed by atoms with Crippen molar-refractivity contribution in [2.75, 3.05) is 0 Å². The molecule has 14 heavy (non-hydrogen) atoms. The van der Waals surface area contributed by atoms with Crippen LogP contribution < -0.4 is 5.73 Å². The molecule has 0 fully saturated rings. The van der Waals surface area contributed by atoms with Crippen molar-refractivity contribution in [3.8, 4) is 0 Å². The van der Waals surface area contributed by atoms with Crippen LogP contribution in [-0.2, 0) is 6.42 Å². The van der Waals surface area contributed by atoms with Crippen molar-refractivity contribution < 1.29 is 5.11 Å². The molecule has 1 aromatic rings. The molecule has 2 atom stereocenters. The third-order valence-electron chi connectivity index (χ3n) is 2.29. The molecule has 0 saturated heterocycles. The highest BCUT2D eigenvalue weighted by molar-refractivity contribution is 5.85. The lowest BCUT2D eigenvalue weighted by Crippen LogP contribution is -2.22. The van der Waals surface area contributed by atoms with Gasteiger partial charge in [-0.25, -0.2) is 0 Å². The summed E-state index contributed by atoms with van der Waals surface area (Å²) < 4.78 is 0. The van der Waals surface area contributed by atoms with E-state index in [0.717, 1.165) is 12.0 Å².